The Labute approximate surface area is 306 Å². The Hall–Kier alpha value is -2.06. The lowest BCUT2D eigenvalue weighted by Crippen LogP contribution is -2.69. The SMILES string of the molecule is C[C@H](O)CN[C@H]1C[C@@]2(C)[C@H](CCC3=C([C@@H](C[C@@H](O)[C@H]4OC4(C)C)C4CCCCC4)C(=O)C[C@@]32C)[C@]2(C)C[C@@H](c3cccc(O)c3)C(=O)C(C)(C)[C@H]12. The highest BCUT2D eigenvalue weighted by Crippen LogP contribution is 2.75. The Morgan fingerprint density at radius 1 is 0.961 bits per heavy atom. The Bertz CT molecular complexity index is 1570. The summed E-state index contributed by atoms with van der Waals surface area (Å²) < 4.78 is 5.93. The van der Waals surface area contributed by atoms with Crippen molar-refractivity contribution >= 4 is 11.6 Å². The minimum atomic E-state index is -0.643. The zero-order valence-corrected chi connectivity index (χ0v) is 32.6. The lowest BCUT2D eigenvalue weighted by Gasteiger charge is -2.70. The smallest absolute Gasteiger partial charge is 0.160 e. The summed E-state index contributed by atoms with van der Waals surface area (Å²) in [6.45, 7) is 17.9. The summed E-state index contributed by atoms with van der Waals surface area (Å²) in [5.74, 6) is 1.12. The van der Waals surface area contributed by atoms with Gasteiger partial charge in [0.1, 0.15) is 17.6 Å². The van der Waals surface area contributed by atoms with Crippen molar-refractivity contribution in [2.75, 3.05) is 6.54 Å². The number of allylic oxidation sites excluding steroid dienone is 2. The average Bonchev–Trinajstić information content (AvgIpc) is 3.61. The molecule has 7 nitrogen and oxygen atoms in total. The molecule has 0 spiro atoms. The fourth-order valence-corrected chi connectivity index (χ4v) is 13.6. The number of phenols is 1. The summed E-state index contributed by atoms with van der Waals surface area (Å²) in [6, 6.07) is 7.26. The second-order valence-electron chi connectivity index (χ2n) is 19.8. The van der Waals surface area contributed by atoms with Gasteiger partial charge in [0.15, 0.2) is 5.78 Å². The first-order chi connectivity index (χ1) is 23.8. The maximum atomic E-state index is 14.7. The maximum absolute atomic E-state index is 14.7. The quantitative estimate of drug-likeness (QED) is 0.195. The second kappa shape index (κ2) is 12.8. The van der Waals surface area contributed by atoms with Crippen LogP contribution in [0.4, 0.5) is 0 Å². The molecule has 5 fully saturated rings. The van der Waals surface area contributed by atoms with Crippen molar-refractivity contribution in [2.45, 2.75) is 162 Å². The summed E-state index contributed by atoms with van der Waals surface area (Å²) >= 11 is 0. The highest BCUT2D eigenvalue weighted by Gasteiger charge is 2.71. The van der Waals surface area contributed by atoms with Crippen molar-refractivity contribution in [3.05, 3.63) is 41.0 Å². The van der Waals surface area contributed by atoms with Gasteiger partial charge < -0.3 is 25.4 Å². The molecule has 7 rings (SSSR count). The molecule has 4 N–H and O–H groups in total. The predicted molar refractivity (Wildman–Crippen MR) is 199 cm³/mol. The van der Waals surface area contributed by atoms with Gasteiger partial charge in [-0.3, -0.25) is 9.59 Å². The number of ketones is 2. The molecule has 1 aromatic carbocycles. The second-order valence-corrected chi connectivity index (χ2v) is 19.8. The van der Waals surface area contributed by atoms with E-state index in [1.165, 1.54) is 24.8 Å². The standard InChI is InChI=1S/C44H65NO6/c1-25(46)24-45-32-22-44(8)35(42(6)21-30(27-15-12-16-28(47)19-27)38(50)40(2,3)37(32)42)18-17-31-36(34(49)23-43(31,44)7)29(26-13-10-9-11-14-26)20-33(48)39-41(4,5)51-39/h12,15-16,19,25-26,29-30,32-33,35,37,39,45-48H,9-11,13-14,17-18,20-24H2,1-8H3/t25-,29-,30-,32-,33+,35+,37-,39+,42-,43-,44-/m0/s1. The van der Waals surface area contributed by atoms with E-state index >= 15 is 0 Å². The van der Waals surface area contributed by atoms with Crippen molar-refractivity contribution in [1.82, 2.24) is 5.32 Å². The van der Waals surface area contributed by atoms with Gasteiger partial charge in [0.2, 0.25) is 0 Å². The highest BCUT2D eigenvalue weighted by atomic mass is 16.6. The Morgan fingerprint density at radius 3 is 2.27 bits per heavy atom. The molecule has 51 heavy (non-hydrogen) atoms. The molecule has 0 amide bonds. The van der Waals surface area contributed by atoms with E-state index in [2.05, 4.69) is 39.9 Å². The van der Waals surface area contributed by atoms with Crippen LogP contribution in [-0.2, 0) is 14.3 Å². The summed E-state index contributed by atoms with van der Waals surface area (Å²) in [5.41, 5.74) is 1.47. The molecule has 1 saturated heterocycles. The summed E-state index contributed by atoms with van der Waals surface area (Å²) in [5, 5.41) is 36.3. The van der Waals surface area contributed by atoms with Crippen LogP contribution in [0.2, 0.25) is 0 Å². The Kier molecular flexibility index (Phi) is 9.33. The van der Waals surface area contributed by atoms with Crippen molar-refractivity contribution in [2.24, 2.45) is 45.3 Å². The van der Waals surface area contributed by atoms with Crippen LogP contribution >= 0.6 is 0 Å². The van der Waals surface area contributed by atoms with Gasteiger partial charge in [-0.1, -0.05) is 71.6 Å². The van der Waals surface area contributed by atoms with E-state index in [1.54, 1.807) is 12.1 Å². The van der Waals surface area contributed by atoms with E-state index < -0.39 is 17.6 Å². The van der Waals surface area contributed by atoms with Crippen LogP contribution in [0.5, 0.6) is 5.75 Å². The molecular weight excluding hydrogens is 638 g/mol. The topological polar surface area (TPSA) is 119 Å². The molecule has 6 aliphatic rings. The molecule has 5 aliphatic carbocycles. The lowest BCUT2D eigenvalue weighted by atomic mass is 9.34. The fourth-order valence-electron chi connectivity index (χ4n) is 13.6. The molecule has 0 bridgehead atoms. The molecular formula is C44H65NO6. The first-order valence-electron chi connectivity index (χ1n) is 20.2. The number of carbonyl (C=O) groups is 2. The zero-order valence-electron chi connectivity index (χ0n) is 32.6. The highest BCUT2D eigenvalue weighted by molar-refractivity contribution is 6.01. The minimum absolute atomic E-state index is 0.0181. The van der Waals surface area contributed by atoms with Crippen LogP contribution in [0.3, 0.4) is 0 Å². The maximum Gasteiger partial charge on any atom is 0.160 e. The number of aliphatic hydroxyl groups excluding tert-OH is 2. The van der Waals surface area contributed by atoms with E-state index in [0.717, 1.165) is 43.2 Å². The van der Waals surface area contributed by atoms with E-state index in [1.807, 2.05) is 32.9 Å². The molecule has 0 aromatic heterocycles. The fraction of sp³-hybridized carbons (Fsp3) is 0.773. The van der Waals surface area contributed by atoms with E-state index in [-0.39, 0.29) is 75.0 Å². The number of hydrogen-bond acceptors (Lipinski definition) is 7. The van der Waals surface area contributed by atoms with Gasteiger partial charge in [0.05, 0.1) is 17.8 Å². The van der Waals surface area contributed by atoms with Crippen molar-refractivity contribution < 1.29 is 29.6 Å². The molecule has 4 saturated carbocycles. The number of aromatic hydroxyl groups is 1. The molecule has 1 heterocycles. The number of fused-ring (bicyclic) bond motifs is 5. The Balaban J connectivity index is 1.32. The zero-order chi connectivity index (χ0) is 36.9. The van der Waals surface area contributed by atoms with E-state index in [0.29, 0.717) is 31.7 Å². The number of epoxide rings is 1. The molecule has 7 heteroatoms. The van der Waals surface area contributed by atoms with Gasteiger partial charge in [-0.25, -0.2) is 0 Å². The van der Waals surface area contributed by atoms with Gasteiger partial charge in [0.25, 0.3) is 0 Å². The third-order valence-electron chi connectivity index (χ3n) is 15.9. The summed E-state index contributed by atoms with van der Waals surface area (Å²) in [6.07, 6.45) is 8.97. The molecule has 11 atom stereocenters. The van der Waals surface area contributed by atoms with Crippen molar-refractivity contribution in [3.8, 4) is 5.75 Å². The molecule has 0 radical (unpaired) electrons. The van der Waals surface area contributed by atoms with Gasteiger partial charge in [-0.2, -0.15) is 0 Å². The third-order valence-corrected chi connectivity index (χ3v) is 15.9. The Morgan fingerprint density at radius 2 is 1.65 bits per heavy atom. The summed E-state index contributed by atoms with van der Waals surface area (Å²) in [7, 11) is 0. The van der Waals surface area contributed by atoms with Crippen LogP contribution < -0.4 is 5.32 Å². The van der Waals surface area contributed by atoms with Crippen molar-refractivity contribution in [3.63, 3.8) is 0 Å². The number of phenolic OH excluding ortho intramolecular Hbond substituents is 1. The van der Waals surface area contributed by atoms with Crippen molar-refractivity contribution in [1.29, 1.82) is 0 Å². The van der Waals surface area contributed by atoms with Gasteiger partial charge in [-0.05, 0) is 123 Å². The number of benzene rings is 1. The van der Waals surface area contributed by atoms with Crippen LogP contribution in [0.1, 0.15) is 138 Å². The normalized spacial score (nSPS) is 40.6. The minimum Gasteiger partial charge on any atom is -0.508 e. The van der Waals surface area contributed by atoms with Gasteiger partial charge in [-0.15, -0.1) is 0 Å². The predicted octanol–water partition coefficient (Wildman–Crippen LogP) is 7.66. The third kappa shape index (κ3) is 5.90. The lowest BCUT2D eigenvalue weighted by molar-refractivity contribution is -0.193. The van der Waals surface area contributed by atoms with Gasteiger partial charge >= 0.3 is 0 Å². The van der Waals surface area contributed by atoms with Gasteiger partial charge in [0, 0.05) is 35.8 Å². The van der Waals surface area contributed by atoms with Crippen LogP contribution in [0.15, 0.2) is 35.4 Å². The number of nitrogens with one attached hydrogen (secondary N) is 1. The number of rotatable bonds is 9. The molecule has 1 aromatic rings. The number of Topliss-reactive ketones (excluding diaryl/α,β-unsaturated/α-hetero) is 2. The average molecular weight is 704 g/mol. The van der Waals surface area contributed by atoms with Crippen LogP contribution in [0, 0.1) is 45.3 Å². The monoisotopic (exact) mass is 703 g/mol. The first kappa shape index (κ1) is 37.3. The molecule has 1 aliphatic heterocycles. The largest absolute Gasteiger partial charge is 0.508 e. The number of aliphatic hydroxyl groups is 2. The number of hydrogen-bond donors (Lipinski definition) is 4. The van der Waals surface area contributed by atoms with E-state index in [9.17, 15) is 24.9 Å². The molecule has 0 unspecified atom stereocenters. The van der Waals surface area contributed by atoms with Crippen LogP contribution in [0.25, 0.3) is 0 Å². The number of carbonyl (C=O) groups excluding carboxylic acids is 2. The van der Waals surface area contributed by atoms with Crippen LogP contribution in [-0.4, -0.2) is 63.4 Å². The number of ether oxygens (including phenoxy) is 1. The van der Waals surface area contributed by atoms with E-state index in [4.69, 9.17) is 4.74 Å². The summed E-state index contributed by atoms with van der Waals surface area (Å²) in [4.78, 5) is 29.3. The molecule has 282 valence electrons. The first-order valence-corrected chi connectivity index (χ1v) is 20.2.